The average Bonchev–Trinajstić information content (AvgIpc) is 2.41. The number of benzene rings is 1. The van der Waals surface area contributed by atoms with Crippen molar-refractivity contribution in [2.24, 2.45) is 11.8 Å². The lowest BCUT2D eigenvalue weighted by atomic mass is 9.77. The van der Waals surface area contributed by atoms with E-state index < -0.39 is 0 Å². The summed E-state index contributed by atoms with van der Waals surface area (Å²) in [5.41, 5.74) is 2.01. The molecule has 0 spiro atoms. The zero-order valence-corrected chi connectivity index (χ0v) is 12.8. The summed E-state index contributed by atoms with van der Waals surface area (Å²) in [5.74, 6) is 1.32. The van der Waals surface area contributed by atoms with Gasteiger partial charge in [-0.2, -0.15) is 0 Å². The van der Waals surface area contributed by atoms with E-state index in [0.29, 0.717) is 5.78 Å². The van der Waals surface area contributed by atoms with Crippen molar-refractivity contribution < 1.29 is 4.79 Å². The van der Waals surface area contributed by atoms with Crippen molar-refractivity contribution in [3.8, 4) is 0 Å². The molecule has 1 aromatic carbocycles. The minimum absolute atomic E-state index is 0.238. The highest BCUT2D eigenvalue weighted by atomic mass is 79.9. The highest BCUT2D eigenvalue weighted by Crippen LogP contribution is 2.34. The van der Waals surface area contributed by atoms with Crippen LogP contribution in [0.25, 0.3) is 0 Å². The Hall–Kier alpha value is -0.630. The molecule has 1 aliphatic rings. The Kier molecular flexibility index (Phi) is 4.60. The van der Waals surface area contributed by atoms with Crippen LogP contribution in [0, 0.1) is 18.8 Å². The SMILES string of the molecule is CCC1CCCC(C(=O)c2cccc(C)c2Br)C1. The van der Waals surface area contributed by atoms with E-state index in [1.165, 1.54) is 19.3 Å². The van der Waals surface area contributed by atoms with Gasteiger partial charge in [0.15, 0.2) is 5.78 Å². The number of hydrogen-bond donors (Lipinski definition) is 0. The molecule has 2 rings (SSSR count). The average molecular weight is 309 g/mol. The second-order valence-electron chi connectivity index (χ2n) is 5.44. The molecule has 2 heteroatoms. The van der Waals surface area contributed by atoms with E-state index in [9.17, 15) is 4.79 Å². The maximum atomic E-state index is 12.6. The number of hydrogen-bond acceptors (Lipinski definition) is 1. The molecule has 0 amide bonds. The van der Waals surface area contributed by atoms with Crippen LogP contribution in [0.2, 0.25) is 0 Å². The van der Waals surface area contributed by atoms with Gasteiger partial charge in [0, 0.05) is 16.0 Å². The van der Waals surface area contributed by atoms with E-state index in [0.717, 1.165) is 34.4 Å². The van der Waals surface area contributed by atoms with E-state index in [1.807, 2.05) is 25.1 Å². The van der Waals surface area contributed by atoms with Crippen LogP contribution >= 0.6 is 15.9 Å². The molecule has 2 unspecified atom stereocenters. The number of rotatable bonds is 3. The fraction of sp³-hybridized carbons (Fsp3) is 0.562. The fourth-order valence-corrected chi connectivity index (χ4v) is 3.42. The highest BCUT2D eigenvalue weighted by Gasteiger charge is 2.28. The number of halogens is 1. The lowest BCUT2D eigenvalue weighted by Crippen LogP contribution is -2.23. The molecule has 0 aliphatic heterocycles. The monoisotopic (exact) mass is 308 g/mol. The molecule has 0 heterocycles. The molecule has 1 aliphatic carbocycles. The molecule has 1 fully saturated rings. The summed E-state index contributed by atoms with van der Waals surface area (Å²) in [7, 11) is 0. The van der Waals surface area contributed by atoms with Gasteiger partial charge in [0.1, 0.15) is 0 Å². The molecule has 98 valence electrons. The van der Waals surface area contributed by atoms with Crippen LogP contribution < -0.4 is 0 Å². The molecule has 1 aromatic rings. The molecule has 1 saturated carbocycles. The van der Waals surface area contributed by atoms with Gasteiger partial charge in [-0.05, 0) is 47.2 Å². The van der Waals surface area contributed by atoms with Crippen LogP contribution in [0.15, 0.2) is 22.7 Å². The number of aryl methyl sites for hydroxylation is 1. The van der Waals surface area contributed by atoms with Gasteiger partial charge in [-0.15, -0.1) is 0 Å². The van der Waals surface area contributed by atoms with Gasteiger partial charge >= 0.3 is 0 Å². The van der Waals surface area contributed by atoms with Crippen molar-refractivity contribution in [1.82, 2.24) is 0 Å². The number of carbonyl (C=O) groups is 1. The molecular formula is C16H21BrO. The second kappa shape index (κ2) is 6.01. The minimum Gasteiger partial charge on any atom is -0.294 e. The Morgan fingerprint density at radius 2 is 2.17 bits per heavy atom. The minimum atomic E-state index is 0.238. The van der Waals surface area contributed by atoms with Crippen LogP contribution in [-0.2, 0) is 0 Å². The van der Waals surface area contributed by atoms with Crippen molar-refractivity contribution in [1.29, 1.82) is 0 Å². The van der Waals surface area contributed by atoms with Crippen molar-refractivity contribution in [2.45, 2.75) is 46.0 Å². The van der Waals surface area contributed by atoms with Gasteiger partial charge in [-0.3, -0.25) is 4.79 Å². The molecule has 1 nitrogen and oxygen atoms in total. The summed E-state index contributed by atoms with van der Waals surface area (Å²) >= 11 is 3.56. The van der Waals surface area contributed by atoms with Crippen molar-refractivity contribution in [3.63, 3.8) is 0 Å². The predicted molar refractivity (Wildman–Crippen MR) is 78.9 cm³/mol. The van der Waals surface area contributed by atoms with Crippen LogP contribution in [0.1, 0.15) is 54.9 Å². The molecule has 0 bridgehead atoms. The van der Waals surface area contributed by atoms with E-state index in [4.69, 9.17) is 0 Å². The lowest BCUT2D eigenvalue weighted by molar-refractivity contribution is 0.0861. The van der Waals surface area contributed by atoms with Gasteiger partial charge in [-0.1, -0.05) is 44.4 Å². The largest absolute Gasteiger partial charge is 0.294 e. The van der Waals surface area contributed by atoms with Crippen molar-refractivity contribution >= 4 is 21.7 Å². The first-order valence-electron chi connectivity index (χ1n) is 6.92. The van der Waals surface area contributed by atoms with Crippen LogP contribution in [0.3, 0.4) is 0 Å². The first-order valence-corrected chi connectivity index (χ1v) is 7.72. The summed E-state index contributed by atoms with van der Waals surface area (Å²) in [6.45, 7) is 4.27. The maximum absolute atomic E-state index is 12.6. The number of Topliss-reactive ketones (excluding diaryl/α,β-unsaturated/α-hetero) is 1. The molecular weight excluding hydrogens is 288 g/mol. The Labute approximate surface area is 118 Å². The van der Waals surface area contributed by atoms with Gasteiger partial charge in [0.05, 0.1) is 0 Å². The quantitative estimate of drug-likeness (QED) is 0.705. The molecule has 0 radical (unpaired) electrons. The highest BCUT2D eigenvalue weighted by molar-refractivity contribution is 9.10. The molecule has 0 aromatic heterocycles. The molecule has 0 N–H and O–H groups in total. The van der Waals surface area contributed by atoms with Gasteiger partial charge in [-0.25, -0.2) is 0 Å². The zero-order chi connectivity index (χ0) is 13.1. The van der Waals surface area contributed by atoms with E-state index >= 15 is 0 Å². The van der Waals surface area contributed by atoms with E-state index in [-0.39, 0.29) is 5.92 Å². The molecule has 0 saturated heterocycles. The van der Waals surface area contributed by atoms with Gasteiger partial charge in [0.25, 0.3) is 0 Å². The Morgan fingerprint density at radius 1 is 1.39 bits per heavy atom. The predicted octanol–water partition coefficient (Wildman–Crippen LogP) is 5.16. The maximum Gasteiger partial charge on any atom is 0.167 e. The lowest BCUT2D eigenvalue weighted by Gasteiger charge is -2.27. The van der Waals surface area contributed by atoms with Gasteiger partial charge < -0.3 is 0 Å². The summed E-state index contributed by atoms with van der Waals surface area (Å²) in [4.78, 5) is 12.6. The van der Waals surface area contributed by atoms with Crippen LogP contribution in [-0.4, -0.2) is 5.78 Å². The van der Waals surface area contributed by atoms with E-state index in [2.05, 4.69) is 22.9 Å². The van der Waals surface area contributed by atoms with Crippen LogP contribution in [0.4, 0.5) is 0 Å². The Balaban J connectivity index is 2.18. The molecule has 2 atom stereocenters. The fourth-order valence-electron chi connectivity index (χ4n) is 2.96. The topological polar surface area (TPSA) is 17.1 Å². The first-order chi connectivity index (χ1) is 8.63. The summed E-state index contributed by atoms with van der Waals surface area (Å²) < 4.78 is 0.980. The van der Waals surface area contributed by atoms with E-state index in [1.54, 1.807) is 0 Å². The molecule has 18 heavy (non-hydrogen) atoms. The normalized spacial score (nSPS) is 23.9. The number of carbonyl (C=O) groups excluding carboxylic acids is 1. The van der Waals surface area contributed by atoms with Crippen molar-refractivity contribution in [3.05, 3.63) is 33.8 Å². The van der Waals surface area contributed by atoms with Crippen LogP contribution in [0.5, 0.6) is 0 Å². The standard InChI is InChI=1S/C16H21BrO/c1-3-12-7-5-8-13(10-12)16(18)14-9-4-6-11(2)15(14)17/h4,6,9,12-13H,3,5,7-8,10H2,1-2H3. The second-order valence-corrected chi connectivity index (χ2v) is 6.23. The smallest absolute Gasteiger partial charge is 0.167 e. The summed E-state index contributed by atoms with van der Waals surface area (Å²) in [5, 5.41) is 0. The first kappa shape index (κ1) is 13.8. The van der Waals surface area contributed by atoms with Crippen molar-refractivity contribution in [2.75, 3.05) is 0 Å². The Morgan fingerprint density at radius 3 is 2.89 bits per heavy atom. The summed E-state index contributed by atoms with van der Waals surface area (Å²) in [6, 6.07) is 5.97. The third kappa shape index (κ3) is 2.85. The van der Waals surface area contributed by atoms with Gasteiger partial charge in [0.2, 0.25) is 0 Å². The summed E-state index contributed by atoms with van der Waals surface area (Å²) in [6.07, 6.45) is 5.86. The Bertz CT molecular complexity index is 439. The third-order valence-corrected chi connectivity index (χ3v) is 5.24. The number of ketones is 1. The third-order valence-electron chi connectivity index (χ3n) is 4.19. The zero-order valence-electron chi connectivity index (χ0n) is 11.2.